The molecule has 6 heteroatoms. The topological polar surface area (TPSA) is 72.9 Å². The number of anilines is 1. The van der Waals surface area contributed by atoms with E-state index in [4.69, 9.17) is 5.73 Å². The van der Waals surface area contributed by atoms with Crippen LogP contribution in [0.5, 0.6) is 0 Å². The van der Waals surface area contributed by atoms with Crippen molar-refractivity contribution < 1.29 is 4.79 Å². The van der Waals surface area contributed by atoms with Crippen LogP contribution in [0.15, 0.2) is 30.3 Å². The summed E-state index contributed by atoms with van der Waals surface area (Å²) in [6.45, 7) is 2.39. The summed E-state index contributed by atoms with van der Waals surface area (Å²) in [5.41, 5.74) is 8.55. The summed E-state index contributed by atoms with van der Waals surface area (Å²) in [5.74, 6) is -0.142. The van der Waals surface area contributed by atoms with E-state index in [1.54, 1.807) is 4.68 Å². The zero-order valence-electron chi connectivity index (χ0n) is 11.9. The van der Waals surface area contributed by atoms with Crippen LogP contribution < -0.4 is 11.1 Å². The van der Waals surface area contributed by atoms with Crippen molar-refractivity contribution in [2.45, 2.75) is 13.5 Å². The van der Waals surface area contributed by atoms with Gasteiger partial charge in [-0.15, -0.1) is 11.3 Å². The fourth-order valence-corrected chi connectivity index (χ4v) is 3.46. The first-order chi connectivity index (χ1) is 10.1. The van der Waals surface area contributed by atoms with Gasteiger partial charge in [0.25, 0.3) is 5.91 Å². The molecule has 2 aromatic heterocycles. The Bertz CT molecular complexity index is 804. The molecule has 0 unspecified atom stereocenters. The highest BCUT2D eigenvalue weighted by Gasteiger charge is 2.20. The van der Waals surface area contributed by atoms with Gasteiger partial charge < -0.3 is 11.1 Å². The Balaban J connectivity index is 1.85. The van der Waals surface area contributed by atoms with Gasteiger partial charge in [0.1, 0.15) is 9.71 Å². The van der Waals surface area contributed by atoms with Crippen LogP contribution in [0.1, 0.15) is 20.9 Å². The second-order valence-corrected chi connectivity index (χ2v) is 5.90. The van der Waals surface area contributed by atoms with Crippen LogP contribution in [0.4, 0.5) is 5.69 Å². The van der Waals surface area contributed by atoms with E-state index in [-0.39, 0.29) is 5.91 Å². The molecule has 21 heavy (non-hydrogen) atoms. The molecule has 0 fully saturated rings. The summed E-state index contributed by atoms with van der Waals surface area (Å²) in [4.78, 5) is 13.8. The van der Waals surface area contributed by atoms with Gasteiger partial charge in [0.05, 0.1) is 16.8 Å². The summed E-state index contributed by atoms with van der Waals surface area (Å²) < 4.78 is 1.76. The third-order valence-corrected chi connectivity index (χ3v) is 4.66. The van der Waals surface area contributed by atoms with Crippen molar-refractivity contribution in [1.29, 1.82) is 0 Å². The van der Waals surface area contributed by atoms with E-state index in [2.05, 4.69) is 10.4 Å². The molecule has 0 radical (unpaired) electrons. The van der Waals surface area contributed by atoms with E-state index in [0.717, 1.165) is 21.5 Å². The van der Waals surface area contributed by atoms with Gasteiger partial charge >= 0.3 is 0 Å². The lowest BCUT2D eigenvalue weighted by atomic mass is 10.2. The Morgan fingerprint density at radius 1 is 1.38 bits per heavy atom. The Morgan fingerprint density at radius 3 is 2.76 bits per heavy atom. The minimum absolute atomic E-state index is 0.142. The van der Waals surface area contributed by atoms with Crippen molar-refractivity contribution in [3.8, 4) is 0 Å². The van der Waals surface area contributed by atoms with E-state index in [1.165, 1.54) is 11.3 Å². The summed E-state index contributed by atoms with van der Waals surface area (Å²) in [5, 5.41) is 8.11. The lowest BCUT2D eigenvalue weighted by molar-refractivity contribution is 0.0956. The number of thiophene rings is 1. The first kappa shape index (κ1) is 13.6. The Hall–Kier alpha value is -2.34. The van der Waals surface area contributed by atoms with Gasteiger partial charge in [-0.05, 0) is 12.5 Å². The molecule has 3 N–H and O–H groups in total. The molecule has 0 bridgehead atoms. The number of aryl methyl sites for hydroxylation is 2. The second-order valence-electron chi connectivity index (χ2n) is 4.90. The van der Waals surface area contributed by atoms with Crippen molar-refractivity contribution in [1.82, 2.24) is 15.1 Å². The van der Waals surface area contributed by atoms with Gasteiger partial charge in [0.2, 0.25) is 0 Å². The van der Waals surface area contributed by atoms with Crippen molar-refractivity contribution in [2.24, 2.45) is 7.05 Å². The number of carbonyl (C=O) groups is 1. The number of hydrogen-bond donors (Lipinski definition) is 2. The van der Waals surface area contributed by atoms with Crippen LogP contribution in [0, 0.1) is 6.92 Å². The summed E-state index contributed by atoms with van der Waals surface area (Å²) in [6, 6.07) is 9.80. The Morgan fingerprint density at radius 2 is 2.10 bits per heavy atom. The number of nitrogens with zero attached hydrogens (tertiary/aromatic N) is 2. The van der Waals surface area contributed by atoms with Crippen molar-refractivity contribution >= 4 is 33.1 Å². The van der Waals surface area contributed by atoms with Crippen LogP contribution in [-0.2, 0) is 13.6 Å². The summed E-state index contributed by atoms with van der Waals surface area (Å²) in [7, 11) is 1.86. The van der Waals surface area contributed by atoms with E-state index < -0.39 is 0 Å². The zero-order chi connectivity index (χ0) is 15.0. The van der Waals surface area contributed by atoms with Crippen LogP contribution in [-0.4, -0.2) is 15.7 Å². The minimum Gasteiger partial charge on any atom is -0.397 e. The summed E-state index contributed by atoms with van der Waals surface area (Å²) >= 11 is 1.38. The molecule has 108 valence electrons. The molecule has 3 aromatic rings. The lowest BCUT2D eigenvalue weighted by Gasteiger charge is -2.04. The van der Waals surface area contributed by atoms with E-state index in [0.29, 0.717) is 17.1 Å². The maximum absolute atomic E-state index is 12.3. The number of nitrogen functional groups attached to an aromatic ring is 1. The number of hydrogen-bond acceptors (Lipinski definition) is 4. The molecule has 1 amide bonds. The Labute approximate surface area is 126 Å². The fraction of sp³-hybridized carbons (Fsp3) is 0.200. The average molecular weight is 300 g/mol. The highest BCUT2D eigenvalue weighted by atomic mass is 32.1. The third kappa shape index (κ3) is 2.38. The molecule has 0 spiro atoms. The minimum atomic E-state index is -0.142. The van der Waals surface area contributed by atoms with E-state index >= 15 is 0 Å². The zero-order valence-corrected chi connectivity index (χ0v) is 12.7. The maximum Gasteiger partial charge on any atom is 0.263 e. The monoisotopic (exact) mass is 300 g/mol. The molecule has 0 atom stereocenters. The summed E-state index contributed by atoms with van der Waals surface area (Å²) in [6.07, 6.45) is 0. The largest absolute Gasteiger partial charge is 0.397 e. The predicted molar refractivity (Wildman–Crippen MR) is 85.4 cm³/mol. The molecule has 0 aliphatic heterocycles. The predicted octanol–water partition coefficient (Wildman–Crippen LogP) is 2.46. The van der Waals surface area contributed by atoms with Crippen molar-refractivity contribution in [2.75, 3.05) is 5.73 Å². The number of benzene rings is 1. The number of amides is 1. The quantitative estimate of drug-likeness (QED) is 0.780. The van der Waals surface area contributed by atoms with Gasteiger partial charge in [0, 0.05) is 13.6 Å². The maximum atomic E-state index is 12.3. The van der Waals surface area contributed by atoms with E-state index in [1.807, 2.05) is 44.3 Å². The van der Waals surface area contributed by atoms with Gasteiger partial charge in [-0.3, -0.25) is 9.48 Å². The van der Waals surface area contributed by atoms with Crippen LogP contribution in [0.2, 0.25) is 0 Å². The van der Waals surface area contributed by atoms with Gasteiger partial charge in [-0.1, -0.05) is 30.3 Å². The molecule has 5 nitrogen and oxygen atoms in total. The number of nitrogens with two attached hydrogens (primary N) is 1. The Kier molecular flexibility index (Phi) is 3.39. The first-order valence-electron chi connectivity index (χ1n) is 6.61. The number of fused-ring (bicyclic) bond motifs is 1. The van der Waals surface area contributed by atoms with Crippen LogP contribution >= 0.6 is 11.3 Å². The van der Waals surface area contributed by atoms with Gasteiger partial charge in [-0.2, -0.15) is 5.10 Å². The second kappa shape index (κ2) is 5.21. The lowest BCUT2D eigenvalue weighted by Crippen LogP contribution is -2.22. The highest BCUT2D eigenvalue weighted by molar-refractivity contribution is 7.21. The smallest absolute Gasteiger partial charge is 0.263 e. The van der Waals surface area contributed by atoms with Crippen LogP contribution in [0.3, 0.4) is 0 Å². The number of carbonyl (C=O) groups excluding carboxylic acids is 1. The van der Waals surface area contributed by atoms with Crippen molar-refractivity contribution in [3.63, 3.8) is 0 Å². The standard InChI is InChI=1S/C15H16N4OS/c1-9-11-12(16)13(21-15(11)19(2)18-9)14(20)17-8-10-6-4-3-5-7-10/h3-7H,8,16H2,1-2H3,(H,17,20). The first-order valence-corrected chi connectivity index (χ1v) is 7.43. The van der Waals surface area contributed by atoms with Crippen LogP contribution in [0.25, 0.3) is 10.2 Å². The third-order valence-electron chi connectivity index (χ3n) is 3.38. The molecule has 0 saturated carbocycles. The molecule has 2 heterocycles. The molecular weight excluding hydrogens is 284 g/mol. The van der Waals surface area contributed by atoms with Gasteiger partial charge in [0.15, 0.2) is 0 Å². The normalized spacial score (nSPS) is 11.0. The number of nitrogens with one attached hydrogen (secondary N) is 1. The van der Waals surface area contributed by atoms with E-state index in [9.17, 15) is 4.79 Å². The highest BCUT2D eigenvalue weighted by Crippen LogP contribution is 2.35. The van der Waals surface area contributed by atoms with Crippen molar-refractivity contribution in [3.05, 3.63) is 46.5 Å². The average Bonchev–Trinajstić information content (AvgIpc) is 2.97. The number of rotatable bonds is 3. The van der Waals surface area contributed by atoms with Gasteiger partial charge in [-0.25, -0.2) is 0 Å². The molecule has 0 aliphatic rings. The molecule has 3 rings (SSSR count). The molecule has 0 aliphatic carbocycles. The number of aromatic nitrogens is 2. The molecule has 1 aromatic carbocycles. The fourth-order valence-electron chi connectivity index (χ4n) is 2.36. The molecule has 0 saturated heterocycles. The SMILES string of the molecule is Cc1nn(C)c2sc(C(=O)NCc3ccccc3)c(N)c12. The molecular formula is C15H16N4OS.